The summed E-state index contributed by atoms with van der Waals surface area (Å²) in [5.74, 6) is 0.813. The Kier molecular flexibility index (Phi) is 6.09. The predicted octanol–water partition coefficient (Wildman–Crippen LogP) is 6.01. The number of benzene rings is 3. The minimum Gasteiger partial charge on any atom is -0.292 e. The van der Waals surface area contributed by atoms with E-state index in [0.29, 0.717) is 6.04 Å². The molecule has 5 rings (SSSR count). The summed E-state index contributed by atoms with van der Waals surface area (Å²) in [4.78, 5) is 11.6. The molecule has 0 fully saturated rings. The molecule has 0 aliphatic heterocycles. The van der Waals surface area contributed by atoms with Gasteiger partial charge in [-0.15, -0.1) is 0 Å². The van der Waals surface area contributed by atoms with E-state index in [1.165, 1.54) is 34.2 Å². The molecule has 32 heavy (non-hydrogen) atoms. The number of fused-ring (bicyclic) bond motifs is 1. The summed E-state index contributed by atoms with van der Waals surface area (Å²) in [7, 11) is 0. The highest BCUT2D eigenvalue weighted by Gasteiger charge is 2.26. The Morgan fingerprint density at radius 1 is 0.781 bits per heavy atom. The standard InChI is InChI=1S/C29H29N3/c1-22-30-18-26(19-31-22)28-14-8-13-25-15-16-27(17-29(25)28)32(20-23-9-4-2-5-10-23)21-24-11-6-3-7-12-24/h2-14,18-19,27H,15-17,20-21H2,1H3/t27-/m1/s1. The normalized spacial score (nSPS) is 15.5. The van der Waals surface area contributed by atoms with Crippen LogP contribution in [0, 0.1) is 6.92 Å². The number of aromatic nitrogens is 2. The van der Waals surface area contributed by atoms with Crippen LogP contribution in [-0.2, 0) is 25.9 Å². The fourth-order valence-corrected chi connectivity index (χ4v) is 4.83. The Morgan fingerprint density at radius 2 is 1.41 bits per heavy atom. The first-order valence-corrected chi connectivity index (χ1v) is 11.5. The fraction of sp³-hybridized carbons (Fsp3) is 0.241. The Labute approximate surface area is 190 Å². The zero-order valence-electron chi connectivity index (χ0n) is 18.6. The van der Waals surface area contributed by atoms with Gasteiger partial charge in [-0.1, -0.05) is 78.9 Å². The zero-order chi connectivity index (χ0) is 21.8. The molecule has 1 atom stereocenters. The second-order valence-electron chi connectivity index (χ2n) is 8.74. The molecule has 3 nitrogen and oxygen atoms in total. The van der Waals surface area contributed by atoms with E-state index in [0.717, 1.165) is 37.3 Å². The Bertz CT molecular complexity index is 1110. The third kappa shape index (κ3) is 4.63. The van der Waals surface area contributed by atoms with Crippen LogP contribution in [-0.4, -0.2) is 20.9 Å². The van der Waals surface area contributed by atoms with Crippen LogP contribution in [0.5, 0.6) is 0 Å². The first-order valence-electron chi connectivity index (χ1n) is 11.5. The lowest BCUT2D eigenvalue weighted by Crippen LogP contribution is -2.38. The van der Waals surface area contributed by atoms with E-state index in [2.05, 4.69) is 93.7 Å². The van der Waals surface area contributed by atoms with E-state index in [-0.39, 0.29) is 0 Å². The molecular formula is C29H29N3. The minimum atomic E-state index is 0.496. The molecule has 3 heteroatoms. The van der Waals surface area contributed by atoms with Gasteiger partial charge in [-0.25, -0.2) is 9.97 Å². The van der Waals surface area contributed by atoms with Gasteiger partial charge in [0.2, 0.25) is 0 Å². The molecule has 0 saturated heterocycles. The Morgan fingerprint density at radius 3 is 2.03 bits per heavy atom. The molecule has 0 spiro atoms. The van der Waals surface area contributed by atoms with Crippen molar-refractivity contribution < 1.29 is 0 Å². The lowest BCUT2D eigenvalue weighted by Gasteiger charge is -2.36. The van der Waals surface area contributed by atoms with E-state index in [1.807, 2.05) is 19.3 Å². The highest BCUT2D eigenvalue weighted by molar-refractivity contribution is 5.68. The van der Waals surface area contributed by atoms with Crippen molar-refractivity contribution in [1.29, 1.82) is 0 Å². The summed E-state index contributed by atoms with van der Waals surface area (Å²) in [6.07, 6.45) is 7.28. The van der Waals surface area contributed by atoms with Crippen molar-refractivity contribution in [1.82, 2.24) is 14.9 Å². The Hall–Kier alpha value is -3.30. The smallest absolute Gasteiger partial charge is 0.125 e. The van der Waals surface area contributed by atoms with Crippen molar-refractivity contribution in [3.63, 3.8) is 0 Å². The highest BCUT2D eigenvalue weighted by Crippen LogP contribution is 2.33. The quantitative estimate of drug-likeness (QED) is 0.383. The van der Waals surface area contributed by atoms with E-state index in [4.69, 9.17) is 0 Å². The van der Waals surface area contributed by atoms with Gasteiger partial charge in [-0.3, -0.25) is 4.90 Å². The summed E-state index contributed by atoms with van der Waals surface area (Å²) in [5.41, 5.74) is 8.07. The molecule has 0 N–H and O–H groups in total. The van der Waals surface area contributed by atoms with Gasteiger partial charge in [0, 0.05) is 37.1 Å². The second kappa shape index (κ2) is 9.46. The summed E-state index contributed by atoms with van der Waals surface area (Å²) < 4.78 is 0. The van der Waals surface area contributed by atoms with Crippen LogP contribution in [0.3, 0.4) is 0 Å². The first kappa shape index (κ1) is 20.6. The number of aryl methyl sites for hydroxylation is 2. The van der Waals surface area contributed by atoms with Crippen LogP contribution in [0.2, 0.25) is 0 Å². The third-order valence-electron chi connectivity index (χ3n) is 6.53. The zero-order valence-corrected chi connectivity index (χ0v) is 18.6. The van der Waals surface area contributed by atoms with Crippen molar-refractivity contribution >= 4 is 0 Å². The van der Waals surface area contributed by atoms with Crippen molar-refractivity contribution in [2.24, 2.45) is 0 Å². The van der Waals surface area contributed by atoms with Gasteiger partial charge in [0.15, 0.2) is 0 Å². The van der Waals surface area contributed by atoms with Gasteiger partial charge in [0.05, 0.1) is 0 Å². The lowest BCUT2D eigenvalue weighted by molar-refractivity contribution is 0.162. The van der Waals surface area contributed by atoms with Crippen LogP contribution in [0.1, 0.15) is 34.5 Å². The number of rotatable bonds is 6. The number of hydrogen-bond acceptors (Lipinski definition) is 3. The van der Waals surface area contributed by atoms with Crippen molar-refractivity contribution in [2.45, 2.75) is 45.3 Å². The number of nitrogens with zero attached hydrogens (tertiary/aromatic N) is 3. The van der Waals surface area contributed by atoms with E-state index < -0.39 is 0 Å². The fourth-order valence-electron chi connectivity index (χ4n) is 4.83. The molecule has 0 bridgehead atoms. The molecule has 1 aromatic heterocycles. The molecular weight excluding hydrogens is 390 g/mol. The molecule has 1 heterocycles. The summed E-state index contributed by atoms with van der Waals surface area (Å²) >= 11 is 0. The maximum Gasteiger partial charge on any atom is 0.125 e. The molecule has 1 aliphatic rings. The summed E-state index contributed by atoms with van der Waals surface area (Å²) in [6.45, 7) is 3.86. The van der Waals surface area contributed by atoms with Crippen molar-refractivity contribution in [2.75, 3.05) is 0 Å². The summed E-state index contributed by atoms with van der Waals surface area (Å²) in [6, 6.07) is 28.9. The number of hydrogen-bond donors (Lipinski definition) is 0. The topological polar surface area (TPSA) is 29.0 Å². The second-order valence-corrected chi connectivity index (χ2v) is 8.74. The van der Waals surface area contributed by atoms with Crippen LogP contribution >= 0.6 is 0 Å². The maximum atomic E-state index is 4.45. The lowest BCUT2D eigenvalue weighted by atomic mass is 9.83. The predicted molar refractivity (Wildman–Crippen MR) is 130 cm³/mol. The molecule has 0 unspecified atom stereocenters. The van der Waals surface area contributed by atoms with Gasteiger partial charge in [-0.2, -0.15) is 0 Å². The van der Waals surface area contributed by atoms with Gasteiger partial charge in [-0.05, 0) is 54.0 Å². The SMILES string of the molecule is Cc1ncc(-c2cccc3c2C[C@H](N(Cc2ccccc2)Cc2ccccc2)CC3)cn1. The highest BCUT2D eigenvalue weighted by atomic mass is 15.2. The van der Waals surface area contributed by atoms with Crippen LogP contribution in [0.15, 0.2) is 91.3 Å². The summed E-state index contributed by atoms with van der Waals surface area (Å²) in [5, 5.41) is 0. The molecule has 160 valence electrons. The van der Waals surface area contributed by atoms with E-state index in [9.17, 15) is 0 Å². The van der Waals surface area contributed by atoms with Crippen molar-refractivity contribution in [3.05, 3.63) is 119 Å². The van der Waals surface area contributed by atoms with Crippen LogP contribution in [0.4, 0.5) is 0 Å². The third-order valence-corrected chi connectivity index (χ3v) is 6.53. The van der Waals surface area contributed by atoms with Crippen LogP contribution < -0.4 is 0 Å². The Balaban J connectivity index is 1.46. The monoisotopic (exact) mass is 419 g/mol. The maximum absolute atomic E-state index is 4.45. The first-order chi connectivity index (χ1) is 15.8. The van der Waals surface area contributed by atoms with E-state index in [1.54, 1.807) is 0 Å². The molecule has 0 amide bonds. The van der Waals surface area contributed by atoms with E-state index >= 15 is 0 Å². The molecule has 1 aliphatic carbocycles. The average Bonchev–Trinajstić information content (AvgIpc) is 2.85. The molecule has 3 aromatic carbocycles. The van der Waals surface area contributed by atoms with Crippen LogP contribution in [0.25, 0.3) is 11.1 Å². The minimum absolute atomic E-state index is 0.496. The van der Waals surface area contributed by atoms with Crippen molar-refractivity contribution in [3.8, 4) is 11.1 Å². The van der Waals surface area contributed by atoms with Gasteiger partial charge in [0.1, 0.15) is 5.82 Å². The molecule has 0 radical (unpaired) electrons. The molecule has 0 saturated carbocycles. The largest absolute Gasteiger partial charge is 0.292 e. The van der Waals surface area contributed by atoms with Gasteiger partial charge >= 0.3 is 0 Å². The average molecular weight is 420 g/mol. The van der Waals surface area contributed by atoms with Gasteiger partial charge in [0.25, 0.3) is 0 Å². The van der Waals surface area contributed by atoms with Gasteiger partial charge < -0.3 is 0 Å². The molecule has 4 aromatic rings.